The van der Waals surface area contributed by atoms with Gasteiger partial charge in [-0.25, -0.2) is 0 Å². The summed E-state index contributed by atoms with van der Waals surface area (Å²) in [5, 5.41) is 0. The predicted octanol–water partition coefficient (Wildman–Crippen LogP) is 14.2. The van der Waals surface area contributed by atoms with Gasteiger partial charge < -0.3 is 4.74 Å². The number of ether oxygens (including phenoxy) is 1. The van der Waals surface area contributed by atoms with Crippen LogP contribution >= 0.6 is 0 Å². The van der Waals surface area contributed by atoms with Crippen LogP contribution in [0.1, 0.15) is 207 Å². The maximum Gasteiger partial charge on any atom is 0.305 e. The van der Waals surface area contributed by atoms with E-state index in [1.54, 1.807) is 0 Å². The van der Waals surface area contributed by atoms with Crippen LogP contribution in [0.3, 0.4) is 0 Å². The van der Waals surface area contributed by atoms with E-state index in [9.17, 15) is 4.79 Å². The number of esters is 1. The fourth-order valence-electron chi connectivity index (χ4n) is 5.60. The predicted molar refractivity (Wildman–Crippen MR) is 193 cm³/mol. The minimum atomic E-state index is 0.00803. The van der Waals surface area contributed by atoms with E-state index in [0.29, 0.717) is 13.0 Å². The molecule has 0 rings (SSSR count). The largest absolute Gasteiger partial charge is 0.466 e. The molecule has 43 heavy (non-hydrogen) atoms. The molecule has 2 nitrogen and oxygen atoms in total. The van der Waals surface area contributed by atoms with Gasteiger partial charge in [0, 0.05) is 6.42 Å². The highest BCUT2D eigenvalue weighted by molar-refractivity contribution is 5.69. The van der Waals surface area contributed by atoms with Gasteiger partial charge in [-0.2, -0.15) is 0 Å². The Labute approximate surface area is 271 Å². The molecule has 0 amide bonds. The van der Waals surface area contributed by atoms with Gasteiger partial charge in [0.25, 0.3) is 0 Å². The zero-order valence-electron chi connectivity index (χ0n) is 29.6. The van der Waals surface area contributed by atoms with Gasteiger partial charge in [-0.05, 0) is 50.9 Å². The molecule has 0 bridgehead atoms. The summed E-state index contributed by atoms with van der Waals surface area (Å²) < 4.78 is 5.44. The number of hydrogen-bond acceptors (Lipinski definition) is 2. The molecule has 0 aliphatic rings. The molecule has 0 saturated carbocycles. The van der Waals surface area contributed by atoms with E-state index in [2.05, 4.69) is 57.2 Å². The van der Waals surface area contributed by atoms with Crippen molar-refractivity contribution in [2.45, 2.75) is 207 Å². The van der Waals surface area contributed by atoms with Gasteiger partial charge in [0.05, 0.1) is 6.61 Å². The zero-order valence-corrected chi connectivity index (χ0v) is 29.6. The lowest BCUT2D eigenvalue weighted by Gasteiger charge is -2.07. The van der Waals surface area contributed by atoms with E-state index < -0.39 is 0 Å². The van der Waals surface area contributed by atoms with Gasteiger partial charge >= 0.3 is 5.97 Å². The molecule has 0 aromatic heterocycles. The molecule has 0 aromatic rings. The summed E-state index contributed by atoms with van der Waals surface area (Å²) >= 11 is 0. The average Bonchev–Trinajstić information content (AvgIpc) is 3.01. The van der Waals surface area contributed by atoms with Crippen LogP contribution < -0.4 is 0 Å². The summed E-state index contributed by atoms with van der Waals surface area (Å²) in [5.41, 5.74) is 0. The zero-order chi connectivity index (χ0) is 31.3. The van der Waals surface area contributed by atoms with E-state index in [-0.39, 0.29) is 5.97 Å². The number of carbonyl (C=O) groups excluding carboxylic acids is 1. The molecular formula is C41H76O2. The van der Waals surface area contributed by atoms with Gasteiger partial charge in [-0.1, -0.05) is 192 Å². The Hall–Kier alpha value is -1.31. The van der Waals surface area contributed by atoms with Gasteiger partial charge in [0.1, 0.15) is 0 Å². The number of carbonyl (C=O) groups is 1. The molecule has 0 N–H and O–H groups in total. The Kier molecular flexibility index (Phi) is 35.8. The molecule has 0 radical (unpaired) electrons. The van der Waals surface area contributed by atoms with Crippen molar-refractivity contribution >= 4 is 5.97 Å². The molecule has 0 aliphatic heterocycles. The second-order valence-corrected chi connectivity index (χ2v) is 13.1. The Bertz CT molecular complexity index is 632. The standard InChI is InChI=1S/C41H76O2/c1-4-6-7-8-9-10-11-12-16-20-23-26-29-32-35-38-41(42)43-39-36-33-30-27-24-21-18-15-13-14-17-19-22-25-28-31-34-37-40(3)5-2/h6-7,9-10,12,16,40H,4-5,8,11,13-15,17-39H2,1-3H3/b7-6-,10-9-,16-12-. The van der Waals surface area contributed by atoms with Crippen molar-refractivity contribution in [3.05, 3.63) is 36.5 Å². The van der Waals surface area contributed by atoms with E-state index in [4.69, 9.17) is 4.74 Å². The number of rotatable bonds is 34. The third kappa shape index (κ3) is 36.8. The molecule has 0 aliphatic carbocycles. The highest BCUT2D eigenvalue weighted by Crippen LogP contribution is 2.16. The fraction of sp³-hybridized carbons (Fsp3) is 0.829. The van der Waals surface area contributed by atoms with E-state index in [1.807, 2.05) is 0 Å². The summed E-state index contributed by atoms with van der Waals surface area (Å²) in [4.78, 5) is 11.9. The topological polar surface area (TPSA) is 26.3 Å². The summed E-state index contributed by atoms with van der Waals surface area (Å²) in [6, 6.07) is 0. The molecule has 0 aromatic carbocycles. The molecule has 1 atom stereocenters. The van der Waals surface area contributed by atoms with E-state index >= 15 is 0 Å². The van der Waals surface area contributed by atoms with E-state index in [1.165, 1.54) is 141 Å². The number of allylic oxidation sites excluding steroid dienone is 6. The minimum absolute atomic E-state index is 0.00803. The van der Waals surface area contributed by atoms with Crippen molar-refractivity contribution in [2.24, 2.45) is 5.92 Å². The third-order valence-electron chi connectivity index (χ3n) is 8.83. The van der Waals surface area contributed by atoms with Crippen LogP contribution in [0, 0.1) is 5.92 Å². The smallest absolute Gasteiger partial charge is 0.305 e. The third-order valence-corrected chi connectivity index (χ3v) is 8.83. The molecule has 0 heterocycles. The second-order valence-electron chi connectivity index (χ2n) is 13.1. The molecule has 2 heteroatoms. The van der Waals surface area contributed by atoms with Crippen molar-refractivity contribution in [1.82, 2.24) is 0 Å². The average molecular weight is 601 g/mol. The lowest BCUT2D eigenvalue weighted by molar-refractivity contribution is -0.143. The highest BCUT2D eigenvalue weighted by atomic mass is 16.5. The van der Waals surface area contributed by atoms with Crippen molar-refractivity contribution in [3.63, 3.8) is 0 Å². The Morgan fingerprint density at radius 2 is 0.930 bits per heavy atom. The van der Waals surface area contributed by atoms with Gasteiger partial charge in [0.2, 0.25) is 0 Å². The maximum absolute atomic E-state index is 11.9. The monoisotopic (exact) mass is 601 g/mol. The van der Waals surface area contributed by atoms with Crippen LogP contribution in [-0.2, 0) is 9.53 Å². The minimum Gasteiger partial charge on any atom is -0.466 e. The summed E-state index contributed by atoms with van der Waals surface area (Å²) in [6.07, 6.45) is 50.7. The van der Waals surface area contributed by atoms with Crippen molar-refractivity contribution in [3.8, 4) is 0 Å². The molecule has 0 saturated heterocycles. The number of hydrogen-bond donors (Lipinski definition) is 0. The van der Waals surface area contributed by atoms with Crippen molar-refractivity contribution in [1.29, 1.82) is 0 Å². The van der Waals surface area contributed by atoms with Crippen LogP contribution in [0.2, 0.25) is 0 Å². The molecule has 1 unspecified atom stereocenters. The fourth-order valence-corrected chi connectivity index (χ4v) is 5.60. The maximum atomic E-state index is 11.9. The lowest BCUT2D eigenvalue weighted by atomic mass is 9.99. The van der Waals surface area contributed by atoms with Crippen LogP contribution in [0.15, 0.2) is 36.5 Å². The summed E-state index contributed by atoms with van der Waals surface area (Å²) in [5.74, 6) is 0.937. The molecule has 0 fully saturated rings. The first-order valence-corrected chi connectivity index (χ1v) is 19.3. The first kappa shape index (κ1) is 41.7. The Morgan fingerprint density at radius 1 is 0.512 bits per heavy atom. The molecule has 252 valence electrons. The molecular weight excluding hydrogens is 524 g/mol. The van der Waals surface area contributed by atoms with Gasteiger partial charge in [0.15, 0.2) is 0 Å². The normalized spacial score (nSPS) is 12.7. The SMILES string of the molecule is CC/C=C\C/C=C\C/C=C\CCCCCCCC(=O)OCCCCCCCCCCCCCCCCCCCC(C)CC. The lowest BCUT2D eigenvalue weighted by Crippen LogP contribution is -2.05. The first-order valence-electron chi connectivity index (χ1n) is 19.3. The van der Waals surface area contributed by atoms with Crippen molar-refractivity contribution < 1.29 is 9.53 Å². The van der Waals surface area contributed by atoms with Gasteiger partial charge in [-0.15, -0.1) is 0 Å². The van der Waals surface area contributed by atoms with Crippen LogP contribution in [0.25, 0.3) is 0 Å². The number of unbranched alkanes of at least 4 members (excludes halogenated alkanes) is 21. The summed E-state index contributed by atoms with van der Waals surface area (Å²) in [7, 11) is 0. The van der Waals surface area contributed by atoms with E-state index in [0.717, 1.165) is 44.4 Å². The first-order chi connectivity index (χ1) is 21.2. The second kappa shape index (κ2) is 36.9. The van der Waals surface area contributed by atoms with Crippen LogP contribution in [0.4, 0.5) is 0 Å². The van der Waals surface area contributed by atoms with Crippen LogP contribution in [-0.4, -0.2) is 12.6 Å². The Morgan fingerprint density at radius 3 is 1.44 bits per heavy atom. The van der Waals surface area contributed by atoms with Crippen LogP contribution in [0.5, 0.6) is 0 Å². The van der Waals surface area contributed by atoms with Gasteiger partial charge in [-0.3, -0.25) is 4.79 Å². The molecule has 0 spiro atoms. The van der Waals surface area contributed by atoms with Crippen molar-refractivity contribution in [2.75, 3.05) is 6.61 Å². The Balaban J connectivity index is 3.22. The highest BCUT2D eigenvalue weighted by Gasteiger charge is 2.03. The quantitative estimate of drug-likeness (QED) is 0.0417. The summed E-state index contributed by atoms with van der Waals surface area (Å²) in [6.45, 7) is 7.49.